The average molecular weight is 222 g/mol. The zero-order chi connectivity index (χ0) is 11.5. The number of rotatable bonds is 4. The van der Waals surface area contributed by atoms with Crippen LogP contribution in [-0.4, -0.2) is 39.0 Å². The number of fused-ring (bicyclic) bond motifs is 1. The molecule has 0 bridgehead atoms. The molecule has 2 N–H and O–H groups in total. The summed E-state index contributed by atoms with van der Waals surface area (Å²) in [5.74, 6) is 0. The molecule has 1 unspecified atom stereocenters. The Kier molecular flexibility index (Phi) is 3.02. The fraction of sp³-hybridized carbons (Fsp3) is 0.400. The number of nitrogens with one attached hydrogen (secondary N) is 1. The van der Waals surface area contributed by atoms with Crippen LogP contribution in [-0.2, 0) is 6.54 Å². The second kappa shape index (κ2) is 4.46. The van der Waals surface area contributed by atoms with E-state index in [9.17, 15) is 9.90 Å². The van der Waals surface area contributed by atoms with Crippen LogP contribution < -0.4 is 10.9 Å². The molecule has 1 atom stereocenters. The highest BCUT2D eigenvalue weighted by Crippen LogP contribution is 1.95. The average Bonchev–Trinajstić information content (AvgIpc) is 2.71. The minimum Gasteiger partial charge on any atom is -0.390 e. The molecule has 0 spiro atoms. The van der Waals surface area contributed by atoms with Crippen LogP contribution in [0.4, 0.5) is 0 Å². The Morgan fingerprint density at radius 3 is 3.12 bits per heavy atom. The Balaban J connectivity index is 2.31. The van der Waals surface area contributed by atoms with Crippen LogP contribution in [0.2, 0.25) is 0 Å². The summed E-state index contributed by atoms with van der Waals surface area (Å²) in [5, 5.41) is 16.4. The fourth-order valence-electron chi connectivity index (χ4n) is 1.63. The van der Waals surface area contributed by atoms with Gasteiger partial charge in [-0.25, -0.2) is 4.52 Å². The molecule has 6 heteroatoms. The predicted octanol–water partition coefficient (Wildman–Crippen LogP) is -0.924. The van der Waals surface area contributed by atoms with Gasteiger partial charge in [0.05, 0.1) is 18.8 Å². The van der Waals surface area contributed by atoms with Gasteiger partial charge < -0.3 is 15.0 Å². The van der Waals surface area contributed by atoms with Crippen LogP contribution in [0.1, 0.15) is 0 Å². The molecule has 0 fully saturated rings. The second-order valence-corrected chi connectivity index (χ2v) is 3.63. The van der Waals surface area contributed by atoms with Gasteiger partial charge in [0.2, 0.25) is 0 Å². The summed E-state index contributed by atoms with van der Waals surface area (Å²) in [4.78, 5) is 11.9. The van der Waals surface area contributed by atoms with Crippen molar-refractivity contribution >= 4 is 5.52 Å². The van der Waals surface area contributed by atoms with Crippen LogP contribution in [0.25, 0.3) is 5.52 Å². The minimum atomic E-state index is -0.576. The third kappa shape index (κ3) is 1.98. The van der Waals surface area contributed by atoms with Crippen molar-refractivity contribution < 1.29 is 5.11 Å². The van der Waals surface area contributed by atoms with Crippen molar-refractivity contribution in [1.82, 2.24) is 19.5 Å². The van der Waals surface area contributed by atoms with Crippen molar-refractivity contribution in [2.75, 3.05) is 13.6 Å². The van der Waals surface area contributed by atoms with Gasteiger partial charge in [0.25, 0.3) is 5.56 Å². The van der Waals surface area contributed by atoms with E-state index in [-0.39, 0.29) is 12.1 Å². The first kappa shape index (κ1) is 10.8. The number of hydrogen-bond acceptors (Lipinski definition) is 4. The molecule has 0 saturated heterocycles. The van der Waals surface area contributed by atoms with E-state index >= 15 is 0 Å². The van der Waals surface area contributed by atoms with Gasteiger partial charge in [0, 0.05) is 18.9 Å². The maximum atomic E-state index is 11.9. The standard InChI is InChI=1S/C10H14N4O2/c1-11-6-8(15)7-13-4-5-14-9(10(13)16)2-3-12-14/h2-5,8,11,15H,6-7H2,1H3. The number of hydrogen-bond donors (Lipinski definition) is 2. The summed E-state index contributed by atoms with van der Waals surface area (Å²) in [6, 6.07) is 1.66. The molecule has 0 saturated carbocycles. The Labute approximate surface area is 92.1 Å². The Hall–Kier alpha value is -1.66. The second-order valence-electron chi connectivity index (χ2n) is 3.63. The van der Waals surface area contributed by atoms with E-state index < -0.39 is 6.10 Å². The van der Waals surface area contributed by atoms with Crippen molar-refractivity contribution in [3.8, 4) is 0 Å². The predicted molar refractivity (Wildman–Crippen MR) is 59.4 cm³/mol. The molecule has 2 aromatic heterocycles. The van der Waals surface area contributed by atoms with Crippen molar-refractivity contribution in [3.63, 3.8) is 0 Å². The lowest BCUT2D eigenvalue weighted by molar-refractivity contribution is 0.153. The largest absolute Gasteiger partial charge is 0.390 e. The third-order valence-electron chi connectivity index (χ3n) is 2.39. The van der Waals surface area contributed by atoms with Crippen molar-refractivity contribution in [1.29, 1.82) is 0 Å². The molecule has 0 aliphatic rings. The monoisotopic (exact) mass is 222 g/mol. The summed E-state index contributed by atoms with van der Waals surface area (Å²) in [5.41, 5.74) is 0.370. The summed E-state index contributed by atoms with van der Waals surface area (Å²) in [6.45, 7) is 0.734. The van der Waals surface area contributed by atoms with Gasteiger partial charge in [0.1, 0.15) is 5.52 Å². The lowest BCUT2D eigenvalue weighted by atomic mass is 10.3. The van der Waals surface area contributed by atoms with Gasteiger partial charge >= 0.3 is 0 Å². The SMILES string of the molecule is CNCC(O)Cn1ccn2nccc2c1=O. The van der Waals surface area contributed by atoms with Crippen LogP contribution in [0.3, 0.4) is 0 Å². The fourth-order valence-corrected chi connectivity index (χ4v) is 1.63. The first-order valence-corrected chi connectivity index (χ1v) is 5.08. The zero-order valence-corrected chi connectivity index (χ0v) is 9.00. The van der Waals surface area contributed by atoms with E-state index in [0.717, 1.165) is 0 Å². The van der Waals surface area contributed by atoms with Gasteiger partial charge in [-0.3, -0.25) is 4.79 Å². The van der Waals surface area contributed by atoms with Crippen LogP contribution >= 0.6 is 0 Å². The first-order chi connectivity index (χ1) is 7.72. The van der Waals surface area contributed by atoms with E-state index in [4.69, 9.17) is 0 Å². The highest BCUT2D eigenvalue weighted by atomic mass is 16.3. The quantitative estimate of drug-likeness (QED) is 0.701. The molecule has 0 radical (unpaired) electrons. The van der Waals surface area contributed by atoms with Crippen molar-refractivity contribution in [2.45, 2.75) is 12.6 Å². The molecule has 0 aliphatic heterocycles. The molecule has 0 amide bonds. The molecule has 0 aliphatic carbocycles. The molecular formula is C10H14N4O2. The third-order valence-corrected chi connectivity index (χ3v) is 2.39. The first-order valence-electron chi connectivity index (χ1n) is 5.08. The Bertz CT molecular complexity index is 531. The lowest BCUT2D eigenvalue weighted by Gasteiger charge is -2.11. The van der Waals surface area contributed by atoms with E-state index in [1.807, 2.05) is 0 Å². The summed E-state index contributed by atoms with van der Waals surface area (Å²) >= 11 is 0. The number of aliphatic hydroxyl groups excluding tert-OH is 1. The molecule has 2 aromatic rings. The molecular weight excluding hydrogens is 208 g/mol. The van der Waals surface area contributed by atoms with Gasteiger partial charge in [-0.05, 0) is 13.1 Å². The normalized spacial score (nSPS) is 13.1. The maximum Gasteiger partial charge on any atom is 0.276 e. The number of nitrogens with zero attached hydrogens (tertiary/aromatic N) is 3. The molecule has 6 nitrogen and oxygen atoms in total. The highest BCUT2D eigenvalue weighted by molar-refractivity contribution is 5.42. The molecule has 16 heavy (non-hydrogen) atoms. The molecule has 0 aromatic carbocycles. The Morgan fingerprint density at radius 1 is 1.56 bits per heavy atom. The summed E-state index contributed by atoms with van der Waals surface area (Å²) in [7, 11) is 1.76. The summed E-state index contributed by atoms with van der Waals surface area (Å²) < 4.78 is 3.00. The van der Waals surface area contributed by atoms with E-state index in [0.29, 0.717) is 12.1 Å². The topological polar surface area (TPSA) is 71.6 Å². The lowest BCUT2D eigenvalue weighted by Crippen LogP contribution is -2.32. The van der Waals surface area contributed by atoms with Crippen LogP contribution in [0.5, 0.6) is 0 Å². The van der Waals surface area contributed by atoms with E-state index in [2.05, 4.69) is 10.4 Å². The maximum absolute atomic E-state index is 11.9. The smallest absolute Gasteiger partial charge is 0.276 e. The molecule has 86 valence electrons. The highest BCUT2D eigenvalue weighted by Gasteiger charge is 2.07. The molecule has 2 rings (SSSR count). The number of aromatic nitrogens is 3. The number of likely N-dealkylation sites (N-methyl/N-ethyl adjacent to an activating group) is 1. The zero-order valence-electron chi connectivity index (χ0n) is 9.00. The van der Waals surface area contributed by atoms with Gasteiger partial charge in [-0.2, -0.15) is 5.10 Å². The Morgan fingerprint density at radius 2 is 2.38 bits per heavy atom. The van der Waals surface area contributed by atoms with Gasteiger partial charge in [-0.15, -0.1) is 0 Å². The van der Waals surface area contributed by atoms with Crippen molar-refractivity contribution in [3.05, 3.63) is 35.0 Å². The van der Waals surface area contributed by atoms with Gasteiger partial charge in [0.15, 0.2) is 0 Å². The molecule has 2 heterocycles. The van der Waals surface area contributed by atoms with Crippen molar-refractivity contribution in [2.24, 2.45) is 0 Å². The van der Waals surface area contributed by atoms with E-state index in [1.165, 1.54) is 9.08 Å². The summed E-state index contributed by atoms with van der Waals surface area (Å²) in [6.07, 6.45) is 4.32. The minimum absolute atomic E-state index is 0.143. The number of aliphatic hydroxyl groups is 1. The van der Waals surface area contributed by atoms with Crippen LogP contribution in [0, 0.1) is 0 Å². The van der Waals surface area contributed by atoms with Gasteiger partial charge in [-0.1, -0.05) is 0 Å². The van der Waals surface area contributed by atoms with E-state index in [1.54, 1.807) is 31.7 Å². The van der Waals surface area contributed by atoms with Crippen LogP contribution in [0.15, 0.2) is 29.5 Å².